The Hall–Kier alpha value is -1.44. The van der Waals surface area contributed by atoms with Gasteiger partial charge in [-0.3, -0.25) is 0 Å². The maximum atomic E-state index is 13.3. The molecular formula is C9H9FN2O. The van der Waals surface area contributed by atoms with Crippen molar-refractivity contribution in [3.63, 3.8) is 0 Å². The number of nitrogens with one attached hydrogen (secondary N) is 1. The fourth-order valence-electron chi connectivity index (χ4n) is 0.953. The minimum absolute atomic E-state index is 0.0513. The summed E-state index contributed by atoms with van der Waals surface area (Å²) >= 11 is 0. The van der Waals surface area contributed by atoms with Gasteiger partial charge in [0.1, 0.15) is 11.9 Å². The molecular weight excluding hydrogens is 171 g/mol. The summed E-state index contributed by atoms with van der Waals surface area (Å²) in [6, 6.07) is 6.44. The van der Waals surface area contributed by atoms with Crippen LogP contribution in [0, 0.1) is 17.1 Å². The van der Waals surface area contributed by atoms with Gasteiger partial charge < -0.3 is 4.84 Å². The molecule has 0 fully saturated rings. The molecule has 0 unspecified atom stereocenters. The lowest BCUT2D eigenvalue weighted by atomic mass is 10.1. The highest BCUT2D eigenvalue weighted by Gasteiger charge is 2.06. The highest BCUT2D eigenvalue weighted by Crippen LogP contribution is 2.11. The largest absolute Gasteiger partial charge is 0.305 e. The zero-order chi connectivity index (χ0) is 9.68. The first-order chi connectivity index (χ1) is 6.29. The first kappa shape index (κ1) is 9.65. The highest BCUT2D eigenvalue weighted by molar-refractivity contribution is 5.34. The molecule has 3 nitrogen and oxygen atoms in total. The Balaban J connectivity index is 2.90. The van der Waals surface area contributed by atoms with Crippen LogP contribution in [0.25, 0.3) is 0 Å². The molecule has 13 heavy (non-hydrogen) atoms. The molecule has 4 heteroatoms. The van der Waals surface area contributed by atoms with Gasteiger partial charge in [0, 0.05) is 12.1 Å². The van der Waals surface area contributed by atoms with E-state index in [1.807, 2.05) is 0 Å². The molecule has 1 N–H and O–H groups in total. The van der Waals surface area contributed by atoms with Crippen LogP contribution in [0.5, 0.6) is 0 Å². The minimum atomic E-state index is -0.491. The monoisotopic (exact) mass is 180 g/mol. The van der Waals surface area contributed by atoms with Crippen LogP contribution >= 0.6 is 0 Å². The van der Waals surface area contributed by atoms with Crippen LogP contribution in [-0.4, -0.2) is 7.11 Å². The van der Waals surface area contributed by atoms with Gasteiger partial charge in [0.25, 0.3) is 0 Å². The van der Waals surface area contributed by atoms with Crippen molar-refractivity contribution in [2.75, 3.05) is 7.11 Å². The molecule has 1 rings (SSSR count). The third-order valence-electron chi connectivity index (χ3n) is 1.61. The zero-order valence-corrected chi connectivity index (χ0v) is 7.17. The van der Waals surface area contributed by atoms with Gasteiger partial charge in [-0.25, -0.2) is 4.39 Å². The number of halogens is 1. The fraction of sp³-hybridized carbons (Fsp3) is 0.222. The number of nitriles is 1. The third-order valence-corrected chi connectivity index (χ3v) is 1.61. The zero-order valence-electron chi connectivity index (χ0n) is 7.17. The summed E-state index contributed by atoms with van der Waals surface area (Å²) in [6.07, 6.45) is 0. The Morgan fingerprint density at radius 3 is 3.00 bits per heavy atom. The molecule has 0 bridgehead atoms. The normalized spacial score (nSPS) is 9.62. The number of hydrogen-bond donors (Lipinski definition) is 1. The number of nitrogens with zero attached hydrogens (tertiary/aromatic N) is 1. The molecule has 68 valence electrons. The third kappa shape index (κ3) is 2.25. The van der Waals surface area contributed by atoms with Gasteiger partial charge in [0.15, 0.2) is 0 Å². The summed E-state index contributed by atoms with van der Waals surface area (Å²) in [4.78, 5) is 4.57. The molecule has 1 aromatic rings. The van der Waals surface area contributed by atoms with Gasteiger partial charge in [-0.15, -0.1) is 0 Å². The second-order valence-electron chi connectivity index (χ2n) is 2.42. The molecule has 0 aliphatic heterocycles. The van der Waals surface area contributed by atoms with Crippen LogP contribution in [-0.2, 0) is 11.4 Å². The van der Waals surface area contributed by atoms with Crippen molar-refractivity contribution < 1.29 is 9.23 Å². The van der Waals surface area contributed by atoms with E-state index in [2.05, 4.69) is 10.3 Å². The number of hydroxylamine groups is 1. The first-order valence-electron chi connectivity index (χ1n) is 3.73. The maximum absolute atomic E-state index is 13.3. The van der Waals surface area contributed by atoms with E-state index < -0.39 is 5.82 Å². The summed E-state index contributed by atoms with van der Waals surface area (Å²) in [5, 5.41) is 8.53. The molecule has 0 atom stereocenters. The molecule has 1 aromatic carbocycles. The molecule has 0 aliphatic rings. The average molecular weight is 180 g/mol. The Morgan fingerprint density at radius 1 is 1.62 bits per heavy atom. The quantitative estimate of drug-likeness (QED) is 0.714. The minimum Gasteiger partial charge on any atom is -0.305 e. The van der Waals surface area contributed by atoms with Gasteiger partial charge >= 0.3 is 0 Å². The Bertz CT molecular complexity index is 333. The van der Waals surface area contributed by atoms with Crippen LogP contribution in [0.2, 0.25) is 0 Å². The smallest absolute Gasteiger partial charge is 0.145 e. The lowest BCUT2D eigenvalue weighted by Crippen LogP contribution is -2.12. The Labute approximate surface area is 75.7 Å². The molecule has 0 heterocycles. The standard InChI is InChI=1S/C9H9FN2O/c1-13-12-6-8-4-2-3-7(5-11)9(8)10/h2-4,12H,6H2,1H3. The lowest BCUT2D eigenvalue weighted by Gasteiger charge is -2.03. The summed E-state index contributed by atoms with van der Waals surface area (Å²) in [5.74, 6) is -0.491. The van der Waals surface area contributed by atoms with Gasteiger partial charge in [-0.05, 0) is 6.07 Å². The van der Waals surface area contributed by atoms with Gasteiger partial charge in [0.2, 0.25) is 0 Å². The molecule has 0 radical (unpaired) electrons. The molecule has 0 saturated heterocycles. The summed E-state index contributed by atoms with van der Waals surface area (Å²) < 4.78 is 13.3. The molecule has 0 aliphatic carbocycles. The molecule has 0 amide bonds. The van der Waals surface area contributed by atoms with Crippen LogP contribution in [0.15, 0.2) is 18.2 Å². The first-order valence-corrected chi connectivity index (χ1v) is 3.73. The summed E-state index contributed by atoms with van der Waals surface area (Å²) in [7, 11) is 1.45. The van der Waals surface area contributed by atoms with Crippen molar-refractivity contribution in [3.05, 3.63) is 35.1 Å². The number of hydrogen-bond acceptors (Lipinski definition) is 3. The van der Waals surface area contributed by atoms with Crippen molar-refractivity contribution in [1.29, 1.82) is 5.26 Å². The predicted molar refractivity (Wildman–Crippen MR) is 45.0 cm³/mol. The van der Waals surface area contributed by atoms with Crippen LogP contribution in [0.4, 0.5) is 4.39 Å². The topological polar surface area (TPSA) is 45.0 Å². The molecule has 0 saturated carbocycles. The maximum Gasteiger partial charge on any atom is 0.145 e. The van der Waals surface area contributed by atoms with Crippen molar-refractivity contribution in [2.24, 2.45) is 0 Å². The van der Waals surface area contributed by atoms with Gasteiger partial charge in [-0.2, -0.15) is 10.7 Å². The van der Waals surface area contributed by atoms with E-state index in [1.165, 1.54) is 13.2 Å². The van der Waals surface area contributed by atoms with Crippen molar-refractivity contribution >= 4 is 0 Å². The number of rotatable bonds is 3. The van der Waals surface area contributed by atoms with E-state index in [-0.39, 0.29) is 12.1 Å². The van der Waals surface area contributed by atoms with Crippen LogP contribution < -0.4 is 5.48 Å². The molecule has 0 aromatic heterocycles. The SMILES string of the molecule is CONCc1cccc(C#N)c1F. The Morgan fingerprint density at radius 2 is 2.38 bits per heavy atom. The van der Waals surface area contributed by atoms with Crippen LogP contribution in [0.1, 0.15) is 11.1 Å². The van der Waals surface area contributed by atoms with Gasteiger partial charge in [0.05, 0.1) is 12.7 Å². The van der Waals surface area contributed by atoms with E-state index in [1.54, 1.807) is 18.2 Å². The second-order valence-corrected chi connectivity index (χ2v) is 2.42. The van der Waals surface area contributed by atoms with Crippen molar-refractivity contribution in [3.8, 4) is 6.07 Å². The van der Waals surface area contributed by atoms with Crippen molar-refractivity contribution in [1.82, 2.24) is 5.48 Å². The van der Waals surface area contributed by atoms with Crippen LogP contribution in [0.3, 0.4) is 0 Å². The highest BCUT2D eigenvalue weighted by atomic mass is 19.1. The molecule has 0 spiro atoms. The fourth-order valence-corrected chi connectivity index (χ4v) is 0.953. The van der Waals surface area contributed by atoms with E-state index in [4.69, 9.17) is 5.26 Å². The van der Waals surface area contributed by atoms with Gasteiger partial charge in [-0.1, -0.05) is 12.1 Å². The second kappa shape index (κ2) is 4.55. The number of benzene rings is 1. The van der Waals surface area contributed by atoms with E-state index >= 15 is 0 Å². The van der Waals surface area contributed by atoms with E-state index in [0.29, 0.717) is 5.56 Å². The summed E-state index contributed by atoms with van der Waals surface area (Å²) in [5.41, 5.74) is 2.98. The summed E-state index contributed by atoms with van der Waals surface area (Å²) in [6.45, 7) is 0.248. The lowest BCUT2D eigenvalue weighted by molar-refractivity contribution is 0.0859. The average Bonchev–Trinajstić information content (AvgIpc) is 2.16. The Kier molecular flexibility index (Phi) is 3.38. The predicted octanol–water partition coefficient (Wildman–Crippen LogP) is 1.35. The van der Waals surface area contributed by atoms with Crippen molar-refractivity contribution in [2.45, 2.75) is 6.54 Å². The van der Waals surface area contributed by atoms with E-state index in [0.717, 1.165) is 0 Å². The van der Waals surface area contributed by atoms with E-state index in [9.17, 15) is 4.39 Å².